The van der Waals surface area contributed by atoms with Gasteiger partial charge in [0.05, 0.1) is 0 Å². The van der Waals surface area contributed by atoms with Crippen molar-refractivity contribution in [1.82, 2.24) is 0 Å². The standard InChI is InChI=1S/C3H8O/c1-2-3-4/h4H,2-3H2,1H3/i3+2. The molecule has 1 nitrogen and oxygen atoms in total. The van der Waals surface area contributed by atoms with Crippen LogP contribution in [0.25, 0.3) is 0 Å². The first kappa shape index (κ1) is 3.96. The van der Waals surface area contributed by atoms with E-state index in [1.54, 1.807) is 0 Å². The van der Waals surface area contributed by atoms with E-state index < -0.39 is 0 Å². The van der Waals surface area contributed by atoms with E-state index in [9.17, 15) is 0 Å². The summed E-state index contributed by atoms with van der Waals surface area (Å²) in [5.74, 6) is 0. The molecule has 1 N–H and O–H groups in total. The fourth-order valence-electron chi connectivity index (χ4n) is 0. The Morgan fingerprint density at radius 3 is 2.25 bits per heavy atom. The molecule has 0 aliphatic rings. The van der Waals surface area contributed by atoms with Crippen LogP contribution in [0, 0.1) is 0 Å². The maximum absolute atomic E-state index is 7.88. The largest absolute Gasteiger partial charge is 0.396 e. The zero-order chi connectivity index (χ0) is 3.41. The van der Waals surface area contributed by atoms with Crippen molar-refractivity contribution in [2.75, 3.05) is 6.61 Å². The van der Waals surface area contributed by atoms with E-state index >= 15 is 0 Å². The molecule has 0 saturated heterocycles. The van der Waals surface area contributed by atoms with E-state index in [1.807, 2.05) is 6.92 Å². The third kappa shape index (κ3) is 1.96. The molecule has 0 radical (unpaired) electrons. The lowest BCUT2D eigenvalue weighted by molar-refractivity contribution is 0.295. The fraction of sp³-hybridized carbons (Fsp3) is 1.00. The minimum absolute atomic E-state index is 0.319. The van der Waals surface area contributed by atoms with Gasteiger partial charge in [0.15, 0.2) is 0 Å². The average molecular weight is 62.1 g/mol. The van der Waals surface area contributed by atoms with Gasteiger partial charge in [-0.15, -0.1) is 0 Å². The van der Waals surface area contributed by atoms with Crippen LogP contribution in [0.1, 0.15) is 13.3 Å². The van der Waals surface area contributed by atoms with Crippen LogP contribution in [0.4, 0.5) is 0 Å². The molecule has 0 bridgehead atoms. The first-order chi connectivity index (χ1) is 1.91. The van der Waals surface area contributed by atoms with Gasteiger partial charge in [0.2, 0.25) is 0 Å². The molecule has 0 rings (SSSR count). The number of hydrogen-bond acceptors (Lipinski definition) is 1. The maximum atomic E-state index is 7.88. The zero-order valence-corrected chi connectivity index (χ0v) is 2.86. The van der Waals surface area contributed by atoms with Crippen molar-refractivity contribution in [3.05, 3.63) is 0 Å². The molecular formula is C3H8O. The Hall–Kier alpha value is -0.0400. The van der Waals surface area contributed by atoms with Crippen molar-refractivity contribution < 1.29 is 5.11 Å². The number of hydrogen-bond donors (Lipinski definition) is 1. The highest BCUT2D eigenvalue weighted by atomic mass is 16.5. The molecule has 0 saturated carbocycles. The van der Waals surface area contributed by atoms with Crippen LogP contribution in [0.3, 0.4) is 0 Å². The quantitative estimate of drug-likeness (QED) is 0.466. The van der Waals surface area contributed by atoms with Crippen molar-refractivity contribution in [3.8, 4) is 0 Å². The van der Waals surface area contributed by atoms with E-state index in [4.69, 9.17) is 5.11 Å². The Morgan fingerprint density at radius 2 is 2.25 bits per heavy atom. The lowest BCUT2D eigenvalue weighted by Crippen LogP contribution is -1.69. The summed E-state index contributed by atoms with van der Waals surface area (Å²) in [5.41, 5.74) is 0. The highest BCUT2D eigenvalue weighted by Gasteiger charge is 1.57. The normalized spacial score (nSPS) is 7.50. The van der Waals surface area contributed by atoms with Crippen molar-refractivity contribution >= 4 is 0 Å². The maximum Gasteiger partial charge on any atom is 0.0428 e. The van der Waals surface area contributed by atoms with Crippen molar-refractivity contribution in [2.45, 2.75) is 13.3 Å². The Balaban J connectivity index is 1.97. The van der Waals surface area contributed by atoms with E-state index in [0.717, 1.165) is 6.42 Å². The van der Waals surface area contributed by atoms with Gasteiger partial charge in [0, 0.05) is 6.61 Å². The minimum atomic E-state index is 0.319. The van der Waals surface area contributed by atoms with E-state index in [1.165, 1.54) is 0 Å². The molecule has 0 aromatic carbocycles. The van der Waals surface area contributed by atoms with Gasteiger partial charge in [-0.2, -0.15) is 0 Å². The summed E-state index contributed by atoms with van der Waals surface area (Å²) in [7, 11) is 0. The van der Waals surface area contributed by atoms with Gasteiger partial charge in [0.1, 0.15) is 0 Å². The first-order valence-corrected chi connectivity index (χ1v) is 1.52. The van der Waals surface area contributed by atoms with Crippen LogP contribution in [0.15, 0.2) is 0 Å². The molecule has 0 atom stereocenters. The van der Waals surface area contributed by atoms with Crippen molar-refractivity contribution in [3.63, 3.8) is 0 Å². The Morgan fingerprint density at radius 1 is 2.00 bits per heavy atom. The average Bonchev–Trinajstić information content (AvgIpc) is 1.37. The molecular weight excluding hydrogens is 54.0 g/mol. The Bertz CT molecular complexity index is 5.25. The Kier molecular flexibility index (Phi) is 2.93. The first-order valence-electron chi connectivity index (χ1n) is 1.52. The van der Waals surface area contributed by atoms with Gasteiger partial charge >= 0.3 is 0 Å². The molecule has 0 spiro atoms. The second-order valence-electron chi connectivity index (χ2n) is 0.724. The predicted molar refractivity (Wildman–Crippen MR) is 17.4 cm³/mol. The van der Waals surface area contributed by atoms with Crippen molar-refractivity contribution in [1.29, 1.82) is 0 Å². The summed E-state index contributed by atoms with van der Waals surface area (Å²) in [5, 5.41) is 7.88. The van der Waals surface area contributed by atoms with Crippen LogP contribution >= 0.6 is 0 Å². The molecule has 0 aromatic rings. The predicted octanol–water partition coefficient (Wildman–Crippen LogP) is 0.389. The molecule has 1 heteroatoms. The van der Waals surface area contributed by atoms with Crippen LogP contribution < -0.4 is 0 Å². The Labute approximate surface area is 26.3 Å². The second-order valence-corrected chi connectivity index (χ2v) is 0.724. The summed E-state index contributed by atoms with van der Waals surface area (Å²) in [6.45, 7) is 2.25. The molecule has 0 heterocycles. The van der Waals surface area contributed by atoms with Gasteiger partial charge in [-0.3, -0.25) is 0 Å². The molecule has 4 heavy (non-hydrogen) atoms. The van der Waals surface area contributed by atoms with Crippen LogP contribution in [0.5, 0.6) is 0 Å². The fourth-order valence-corrected chi connectivity index (χ4v) is 0. The number of aliphatic hydroxyl groups is 1. The summed E-state index contributed by atoms with van der Waals surface area (Å²) < 4.78 is 0. The molecule has 0 aliphatic carbocycles. The second kappa shape index (κ2) is 2.96. The summed E-state index contributed by atoms with van der Waals surface area (Å²) in [6, 6.07) is 0. The van der Waals surface area contributed by atoms with Gasteiger partial charge in [0.25, 0.3) is 0 Å². The monoisotopic (exact) mass is 62.1 g/mol. The van der Waals surface area contributed by atoms with Crippen LogP contribution in [-0.2, 0) is 0 Å². The zero-order valence-electron chi connectivity index (χ0n) is 2.86. The smallest absolute Gasteiger partial charge is 0.0428 e. The SMILES string of the molecule is CC[14CH2]O. The molecule has 0 unspecified atom stereocenters. The number of aliphatic hydroxyl groups excluding tert-OH is 1. The van der Waals surface area contributed by atoms with Crippen molar-refractivity contribution in [2.24, 2.45) is 0 Å². The molecule has 26 valence electrons. The molecule has 0 aliphatic heterocycles. The molecule has 0 aromatic heterocycles. The lowest BCUT2D eigenvalue weighted by Gasteiger charge is -1.69. The molecule has 0 fully saturated rings. The van der Waals surface area contributed by atoms with E-state index in [0.29, 0.717) is 6.61 Å². The van der Waals surface area contributed by atoms with Gasteiger partial charge in [-0.1, -0.05) is 6.92 Å². The number of rotatable bonds is 1. The van der Waals surface area contributed by atoms with E-state index in [-0.39, 0.29) is 0 Å². The molecule has 0 amide bonds. The van der Waals surface area contributed by atoms with Crippen LogP contribution in [-0.4, -0.2) is 11.7 Å². The third-order valence-electron chi connectivity index (χ3n) is 0.224. The van der Waals surface area contributed by atoms with Gasteiger partial charge < -0.3 is 5.11 Å². The summed E-state index contributed by atoms with van der Waals surface area (Å²) >= 11 is 0. The highest BCUT2D eigenvalue weighted by Crippen LogP contribution is 1.61. The summed E-state index contributed by atoms with van der Waals surface area (Å²) in [4.78, 5) is 0. The lowest BCUT2D eigenvalue weighted by atomic mass is 10.8. The van der Waals surface area contributed by atoms with Gasteiger partial charge in [-0.05, 0) is 6.42 Å². The van der Waals surface area contributed by atoms with Gasteiger partial charge in [-0.25, -0.2) is 0 Å². The minimum Gasteiger partial charge on any atom is -0.396 e. The highest BCUT2D eigenvalue weighted by molar-refractivity contribution is 4.10. The van der Waals surface area contributed by atoms with Crippen LogP contribution in [0.2, 0.25) is 0 Å². The van der Waals surface area contributed by atoms with E-state index in [2.05, 4.69) is 0 Å². The topological polar surface area (TPSA) is 20.2 Å². The summed E-state index contributed by atoms with van der Waals surface area (Å²) in [6.07, 6.45) is 0.875. The third-order valence-corrected chi connectivity index (χ3v) is 0.224.